The summed E-state index contributed by atoms with van der Waals surface area (Å²) in [6.07, 6.45) is 3.34. The van der Waals surface area contributed by atoms with Gasteiger partial charge in [0, 0.05) is 8.96 Å². The van der Waals surface area contributed by atoms with Crippen molar-refractivity contribution in [3.05, 3.63) is 50.9 Å². The molecule has 2 bridgehead atoms. The number of hydrogen-bond acceptors (Lipinski definition) is 3. The molecule has 3 rings (SSSR count). The van der Waals surface area contributed by atoms with Crippen LogP contribution in [0.15, 0.2) is 45.4 Å². The van der Waals surface area contributed by atoms with Crippen LogP contribution in [0.3, 0.4) is 0 Å². The fourth-order valence-electron chi connectivity index (χ4n) is 2.53. The smallest absolute Gasteiger partial charge is 0.152 e. The second-order valence-corrected chi connectivity index (χ2v) is 6.40. The number of fused-ring (bicyclic) bond motifs is 2. The molecule has 20 heavy (non-hydrogen) atoms. The van der Waals surface area contributed by atoms with Crippen LogP contribution in [-0.4, -0.2) is 23.9 Å². The van der Waals surface area contributed by atoms with E-state index in [4.69, 9.17) is 9.47 Å². The van der Waals surface area contributed by atoms with Gasteiger partial charge in [-0.2, -0.15) is 0 Å². The third-order valence-electron chi connectivity index (χ3n) is 3.57. The summed E-state index contributed by atoms with van der Waals surface area (Å²) in [5.74, 6) is 0.788. The monoisotopic (exact) mass is 400 g/mol. The zero-order chi connectivity index (χ0) is 14.3. The third kappa shape index (κ3) is 2.08. The van der Waals surface area contributed by atoms with Gasteiger partial charge in [0.25, 0.3) is 0 Å². The molecule has 0 unspecified atom stereocenters. The minimum Gasteiger partial charge on any atom is -0.494 e. The average Bonchev–Trinajstić information content (AvgIpc) is 2.92. The summed E-state index contributed by atoms with van der Waals surface area (Å²) in [6.45, 7) is 2.56. The lowest BCUT2D eigenvalue weighted by Crippen LogP contribution is -2.43. The van der Waals surface area contributed by atoms with Gasteiger partial charge in [-0.05, 0) is 24.6 Å². The van der Waals surface area contributed by atoms with Crippen LogP contribution in [0.25, 0.3) is 0 Å². The molecule has 1 aromatic carbocycles. The van der Waals surface area contributed by atoms with Gasteiger partial charge in [-0.25, -0.2) is 0 Å². The molecule has 0 aliphatic carbocycles. The molecule has 5 heteroatoms. The SMILES string of the molecule is CCOc1ccc([C@@]2(O)C(Br)=C(Br)[C@H]3C=C[C@@H]2O3)cc1. The molecule has 0 amide bonds. The van der Waals surface area contributed by atoms with Crippen LogP contribution < -0.4 is 4.74 Å². The van der Waals surface area contributed by atoms with Crippen molar-refractivity contribution in [1.82, 2.24) is 0 Å². The van der Waals surface area contributed by atoms with E-state index in [-0.39, 0.29) is 12.2 Å². The molecular formula is C15H14Br2O3. The Labute approximate surface area is 134 Å². The molecule has 2 aliphatic rings. The van der Waals surface area contributed by atoms with Crippen LogP contribution in [0.5, 0.6) is 5.75 Å². The van der Waals surface area contributed by atoms with E-state index < -0.39 is 5.60 Å². The molecule has 1 aromatic rings. The predicted octanol–water partition coefficient (Wildman–Crippen LogP) is 3.61. The van der Waals surface area contributed by atoms with Gasteiger partial charge in [0.1, 0.15) is 18.0 Å². The lowest BCUT2D eigenvalue weighted by atomic mass is 9.87. The van der Waals surface area contributed by atoms with Crippen molar-refractivity contribution < 1.29 is 14.6 Å². The Morgan fingerprint density at radius 1 is 1.25 bits per heavy atom. The molecule has 3 nitrogen and oxygen atoms in total. The predicted molar refractivity (Wildman–Crippen MR) is 84.2 cm³/mol. The molecule has 0 spiro atoms. The summed E-state index contributed by atoms with van der Waals surface area (Å²) in [5, 5.41) is 11.1. The maximum absolute atomic E-state index is 11.1. The van der Waals surface area contributed by atoms with Gasteiger partial charge in [-0.15, -0.1) is 0 Å². The van der Waals surface area contributed by atoms with Crippen LogP contribution in [0.1, 0.15) is 12.5 Å². The van der Waals surface area contributed by atoms with Crippen molar-refractivity contribution in [3.8, 4) is 5.75 Å². The summed E-state index contributed by atoms with van der Waals surface area (Å²) in [7, 11) is 0. The minimum absolute atomic E-state index is 0.114. The molecule has 0 saturated carbocycles. The van der Waals surface area contributed by atoms with Crippen molar-refractivity contribution in [3.63, 3.8) is 0 Å². The first-order valence-corrected chi connectivity index (χ1v) is 8.01. The normalized spacial score (nSPS) is 31.8. The molecule has 0 fully saturated rings. The highest BCUT2D eigenvalue weighted by atomic mass is 79.9. The lowest BCUT2D eigenvalue weighted by molar-refractivity contribution is -0.0729. The number of benzene rings is 1. The van der Waals surface area contributed by atoms with E-state index >= 15 is 0 Å². The summed E-state index contributed by atoms with van der Waals surface area (Å²) in [5.41, 5.74) is -0.452. The molecule has 0 saturated heterocycles. The number of aliphatic hydroxyl groups is 1. The zero-order valence-corrected chi connectivity index (χ0v) is 14.0. The lowest BCUT2D eigenvalue weighted by Gasteiger charge is -2.38. The Morgan fingerprint density at radius 3 is 2.60 bits per heavy atom. The largest absolute Gasteiger partial charge is 0.494 e. The number of hydrogen-bond donors (Lipinski definition) is 1. The van der Waals surface area contributed by atoms with Crippen molar-refractivity contribution in [1.29, 1.82) is 0 Å². The van der Waals surface area contributed by atoms with Gasteiger partial charge in [0.15, 0.2) is 5.60 Å². The van der Waals surface area contributed by atoms with Gasteiger partial charge >= 0.3 is 0 Å². The highest BCUT2D eigenvalue weighted by Crippen LogP contribution is 2.49. The third-order valence-corrected chi connectivity index (χ3v) is 5.98. The Kier molecular flexibility index (Phi) is 3.79. The molecule has 106 valence electrons. The summed E-state index contributed by atoms with van der Waals surface area (Å²) in [4.78, 5) is 0. The van der Waals surface area contributed by atoms with E-state index in [9.17, 15) is 5.11 Å². The van der Waals surface area contributed by atoms with Gasteiger partial charge in [-0.1, -0.05) is 56.1 Å². The first-order chi connectivity index (χ1) is 9.57. The van der Waals surface area contributed by atoms with Crippen LogP contribution in [0, 0.1) is 0 Å². The Bertz CT molecular complexity index is 579. The first kappa shape index (κ1) is 14.3. The van der Waals surface area contributed by atoms with Crippen molar-refractivity contribution in [2.45, 2.75) is 24.7 Å². The molecule has 2 heterocycles. The van der Waals surface area contributed by atoms with Crippen LogP contribution in [0.4, 0.5) is 0 Å². The Balaban J connectivity index is 2.03. The fourth-order valence-corrected chi connectivity index (χ4v) is 3.77. The summed E-state index contributed by atoms with van der Waals surface area (Å²) < 4.78 is 12.8. The first-order valence-electron chi connectivity index (χ1n) is 6.42. The van der Waals surface area contributed by atoms with E-state index in [1.54, 1.807) is 0 Å². The standard InChI is InChI=1S/C15H14Br2O3/c1-2-19-10-5-3-9(4-6-10)15(18)12-8-7-11(20-12)13(16)14(15)17/h3-8,11-12,18H,2H2,1H3/t11-,12+,15+/m1/s1. The number of ether oxygens (including phenoxy) is 2. The van der Waals surface area contributed by atoms with Crippen LogP contribution in [0.2, 0.25) is 0 Å². The van der Waals surface area contributed by atoms with Gasteiger partial charge in [-0.3, -0.25) is 0 Å². The second kappa shape index (κ2) is 5.30. The highest BCUT2D eigenvalue weighted by Gasteiger charge is 2.49. The zero-order valence-electron chi connectivity index (χ0n) is 10.8. The van der Waals surface area contributed by atoms with E-state index in [1.165, 1.54) is 0 Å². The maximum atomic E-state index is 11.1. The number of halogens is 2. The topological polar surface area (TPSA) is 38.7 Å². The summed E-state index contributed by atoms with van der Waals surface area (Å²) in [6, 6.07) is 7.44. The van der Waals surface area contributed by atoms with Crippen LogP contribution >= 0.6 is 31.9 Å². The Morgan fingerprint density at radius 2 is 1.95 bits per heavy atom. The Hall–Kier alpha value is -0.620. The van der Waals surface area contributed by atoms with Gasteiger partial charge in [0.05, 0.1) is 6.61 Å². The average molecular weight is 402 g/mol. The maximum Gasteiger partial charge on any atom is 0.152 e. The van der Waals surface area contributed by atoms with E-state index in [1.807, 2.05) is 43.3 Å². The van der Waals surface area contributed by atoms with Crippen LogP contribution in [-0.2, 0) is 10.3 Å². The van der Waals surface area contributed by atoms with Gasteiger partial charge in [0.2, 0.25) is 0 Å². The molecule has 0 radical (unpaired) electrons. The van der Waals surface area contributed by atoms with E-state index in [0.29, 0.717) is 11.1 Å². The quantitative estimate of drug-likeness (QED) is 0.786. The highest BCUT2D eigenvalue weighted by molar-refractivity contribution is 9.14. The fraction of sp³-hybridized carbons (Fsp3) is 0.333. The molecule has 0 aromatic heterocycles. The minimum atomic E-state index is -1.22. The number of rotatable bonds is 3. The second-order valence-electron chi connectivity index (χ2n) is 4.75. The molecule has 1 N–H and O–H groups in total. The van der Waals surface area contributed by atoms with E-state index in [2.05, 4.69) is 31.9 Å². The van der Waals surface area contributed by atoms with E-state index in [0.717, 1.165) is 15.8 Å². The molecular weight excluding hydrogens is 388 g/mol. The van der Waals surface area contributed by atoms with Gasteiger partial charge < -0.3 is 14.6 Å². The summed E-state index contributed by atoms with van der Waals surface area (Å²) >= 11 is 7.01. The van der Waals surface area contributed by atoms with Crippen molar-refractivity contribution in [2.24, 2.45) is 0 Å². The van der Waals surface area contributed by atoms with Crippen molar-refractivity contribution >= 4 is 31.9 Å². The molecule has 2 aliphatic heterocycles. The molecule has 3 atom stereocenters. The van der Waals surface area contributed by atoms with Crippen molar-refractivity contribution in [2.75, 3.05) is 6.61 Å².